The summed E-state index contributed by atoms with van der Waals surface area (Å²) in [6, 6.07) is 0. The fraction of sp³-hybridized carbons (Fsp3) is 1.00. The molecule has 0 unspecified atom stereocenters. The zero-order valence-electron chi connectivity index (χ0n) is 7.86. The van der Waals surface area contributed by atoms with Crippen LogP contribution in [0.1, 0.15) is 0 Å². The highest BCUT2D eigenvalue weighted by atomic mass is 31.2. The summed E-state index contributed by atoms with van der Waals surface area (Å²) in [7, 11) is -5.01. The lowest BCUT2D eigenvalue weighted by molar-refractivity contribution is -0.219. The van der Waals surface area contributed by atoms with Crippen molar-refractivity contribution in [1.82, 2.24) is 0 Å². The largest absolute Gasteiger partial charge is 0.470 e. The first-order chi connectivity index (χ1) is 7.15. The van der Waals surface area contributed by atoms with E-state index in [1.54, 1.807) is 0 Å². The molecule has 1 aliphatic carbocycles. The van der Waals surface area contributed by atoms with Crippen LogP contribution in [0.15, 0.2) is 0 Å². The van der Waals surface area contributed by atoms with Gasteiger partial charge in [0.1, 0.15) is 36.6 Å². The van der Waals surface area contributed by atoms with Gasteiger partial charge in [0.25, 0.3) is 0 Å². The van der Waals surface area contributed by atoms with E-state index in [2.05, 4.69) is 4.52 Å². The van der Waals surface area contributed by atoms with Crippen LogP contribution in [-0.4, -0.2) is 71.9 Å². The lowest BCUT2D eigenvalue weighted by Crippen LogP contribution is -2.64. The normalized spacial score (nSPS) is 45.7. The number of hydrogen-bond acceptors (Lipinski definition) is 7. The third kappa shape index (κ3) is 2.77. The fourth-order valence-electron chi connectivity index (χ4n) is 1.48. The van der Waals surface area contributed by atoms with Crippen molar-refractivity contribution in [2.45, 2.75) is 36.6 Å². The molecular formula is C6H13O9P. The van der Waals surface area contributed by atoms with Crippen LogP contribution in [0.5, 0.6) is 0 Å². The van der Waals surface area contributed by atoms with Gasteiger partial charge >= 0.3 is 7.82 Å². The maximum absolute atomic E-state index is 10.5. The first kappa shape index (κ1) is 14.0. The number of rotatable bonds is 2. The van der Waals surface area contributed by atoms with Crippen molar-refractivity contribution in [2.24, 2.45) is 0 Å². The molecular weight excluding hydrogens is 247 g/mol. The quantitative estimate of drug-likeness (QED) is 0.247. The average molecular weight is 260 g/mol. The molecule has 0 heterocycles. The SMILES string of the molecule is O=P(O)(O)OC1[C@@H](O)[C@@H](O)C(O)[C@H](O)[C@@H]1O. The molecule has 1 aliphatic rings. The Labute approximate surface area is 89.8 Å². The summed E-state index contributed by atoms with van der Waals surface area (Å²) >= 11 is 0. The molecule has 7 N–H and O–H groups in total. The molecule has 4 atom stereocenters. The summed E-state index contributed by atoms with van der Waals surface area (Å²) in [5, 5.41) is 46.1. The van der Waals surface area contributed by atoms with Crippen LogP contribution >= 0.6 is 7.82 Å². The van der Waals surface area contributed by atoms with Gasteiger partial charge in [0.2, 0.25) is 0 Å². The topological polar surface area (TPSA) is 168 Å². The molecule has 9 nitrogen and oxygen atoms in total. The Bertz CT molecular complexity index is 274. The number of aliphatic hydroxyl groups is 5. The van der Waals surface area contributed by atoms with Crippen molar-refractivity contribution in [3.8, 4) is 0 Å². The van der Waals surface area contributed by atoms with Gasteiger partial charge in [-0.25, -0.2) is 4.57 Å². The first-order valence-electron chi connectivity index (χ1n) is 4.29. The summed E-state index contributed by atoms with van der Waals surface area (Å²) < 4.78 is 14.5. The van der Waals surface area contributed by atoms with Gasteiger partial charge in [0.05, 0.1) is 0 Å². The van der Waals surface area contributed by atoms with Crippen molar-refractivity contribution in [3.63, 3.8) is 0 Å². The molecule has 96 valence electrons. The Kier molecular flexibility index (Phi) is 4.06. The second-order valence-electron chi connectivity index (χ2n) is 3.51. The van der Waals surface area contributed by atoms with Crippen molar-refractivity contribution in [3.05, 3.63) is 0 Å². The fourth-order valence-corrected chi connectivity index (χ4v) is 2.05. The van der Waals surface area contributed by atoms with E-state index in [4.69, 9.17) is 14.9 Å². The lowest BCUT2D eigenvalue weighted by Gasteiger charge is -2.41. The van der Waals surface area contributed by atoms with E-state index < -0.39 is 44.4 Å². The Morgan fingerprint density at radius 1 is 0.750 bits per heavy atom. The van der Waals surface area contributed by atoms with E-state index in [0.29, 0.717) is 0 Å². The molecule has 0 aromatic rings. The van der Waals surface area contributed by atoms with Gasteiger partial charge in [-0.1, -0.05) is 0 Å². The maximum atomic E-state index is 10.5. The molecule has 0 radical (unpaired) electrons. The predicted molar refractivity (Wildman–Crippen MR) is 47.0 cm³/mol. The molecule has 0 amide bonds. The van der Waals surface area contributed by atoms with Gasteiger partial charge in [-0.3, -0.25) is 4.52 Å². The molecule has 10 heteroatoms. The Balaban J connectivity index is 2.87. The number of aliphatic hydroxyl groups excluding tert-OH is 5. The molecule has 0 bridgehead atoms. The highest BCUT2D eigenvalue weighted by Gasteiger charge is 2.50. The van der Waals surface area contributed by atoms with E-state index in [1.807, 2.05) is 0 Å². The van der Waals surface area contributed by atoms with E-state index >= 15 is 0 Å². The molecule has 0 aromatic heterocycles. The van der Waals surface area contributed by atoms with Crippen molar-refractivity contribution < 1.29 is 44.4 Å². The third-order valence-electron chi connectivity index (χ3n) is 2.33. The molecule has 16 heavy (non-hydrogen) atoms. The summed E-state index contributed by atoms with van der Waals surface area (Å²) in [6.07, 6.45) is -11.3. The average Bonchev–Trinajstić information content (AvgIpc) is 2.17. The number of hydrogen-bond donors (Lipinski definition) is 7. The minimum Gasteiger partial charge on any atom is -0.387 e. The summed E-state index contributed by atoms with van der Waals surface area (Å²) in [5.74, 6) is 0. The van der Waals surface area contributed by atoms with E-state index in [1.165, 1.54) is 0 Å². The highest BCUT2D eigenvalue weighted by molar-refractivity contribution is 7.46. The summed E-state index contributed by atoms with van der Waals surface area (Å²) in [6.45, 7) is 0. The highest BCUT2D eigenvalue weighted by Crippen LogP contribution is 2.41. The van der Waals surface area contributed by atoms with Gasteiger partial charge in [-0.15, -0.1) is 0 Å². The lowest BCUT2D eigenvalue weighted by atomic mass is 9.85. The van der Waals surface area contributed by atoms with Gasteiger partial charge in [0.15, 0.2) is 0 Å². The molecule has 1 fully saturated rings. The van der Waals surface area contributed by atoms with Crippen LogP contribution in [0.3, 0.4) is 0 Å². The monoisotopic (exact) mass is 260 g/mol. The zero-order chi connectivity index (χ0) is 12.7. The number of phosphoric acid groups is 1. The van der Waals surface area contributed by atoms with Crippen LogP contribution in [0.4, 0.5) is 0 Å². The van der Waals surface area contributed by atoms with Crippen molar-refractivity contribution in [2.75, 3.05) is 0 Å². The minimum atomic E-state index is -5.01. The molecule has 0 saturated heterocycles. The molecule has 0 aromatic carbocycles. The van der Waals surface area contributed by atoms with Gasteiger partial charge < -0.3 is 35.3 Å². The second-order valence-corrected chi connectivity index (χ2v) is 4.71. The number of phosphoric ester groups is 1. The molecule has 1 rings (SSSR count). The van der Waals surface area contributed by atoms with Crippen LogP contribution in [0, 0.1) is 0 Å². The zero-order valence-corrected chi connectivity index (χ0v) is 8.75. The molecule has 1 saturated carbocycles. The molecule has 0 spiro atoms. The van der Waals surface area contributed by atoms with Crippen LogP contribution < -0.4 is 0 Å². The van der Waals surface area contributed by atoms with Crippen molar-refractivity contribution in [1.29, 1.82) is 0 Å². The molecule has 0 aliphatic heterocycles. The summed E-state index contributed by atoms with van der Waals surface area (Å²) in [5.41, 5.74) is 0. The Morgan fingerprint density at radius 2 is 1.06 bits per heavy atom. The van der Waals surface area contributed by atoms with E-state index in [-0.39, 0.29) is 0 Å². The van der Waals surface area contributed by atoms with E-state index in [9.17, 15) is 25.0 Å². The Hall–Kier alpha value is -0.0900. The van der Waals surface area contributed by atoms with Gasteiger partial charge in [0, 0.05) is 0 Å². The standard InChI is InChI=1S/C6H13O9P/c7-1-2(8)4(10)6(5(11)3(1)9)15-16(12,13)14/h1-11H,(H2,12,13,14)/t1?,2-,3-,4-,5-,6?/m0/s1. The van der Waals surface area contributed by atoms with Gasteiger partial charge in [-0.2, -0.15) is 0 Å². The predicted octanol–water partition coefficient (Wildman–Crippen LogP) is -3.72. The summed E-state index contributed by atoms with van der Waals surface area (Å²) in [4.78, 5) is 17.0. The van der Waals surface area contributed by atoms with Crippen LogP contribution in [0.2, 0.25) is 0 Å². The van der Waals surface area contributed by atoms with Crippen molar-refractivity contribution >= 4 is 7.82 Å². The second kappa shape index (κ2) is 4.65. The smallest absolute Gasteiger partial charge is 0.387 e. The van der Waals surface area contributed by atoms with Gasteiger partial charge in [-0.05, 0) is 0 Å². The first-order valence-corrected chi connectivity index (χ1v) is 5.82. The van der Waals surface area contributed by atoms with Crippen LogP contribution in [0.25, 0.3) is 0 Å². The third-order valence-corrected chi connectivity index (χ3v) is 2.85. The maximum Gasteiger partial charge on any atom is 0.470 e. The Morgan fingerprint density at radius 3 is 1.38 bits per heavy atom. The van der Waals surface area contributed by atoms with E-state index in [0.717, 1.165) is 0 Å². The van der Waals surface area contributed by atoms with Crippen LogP contribution in [-0.2, 0) is 9.09 Å². The minimum absolute atomic E-state index is 1.83.